The highest BCUT2D eigenvalue weighted by atomic mass is 16.5. The molecule has 1 aliphatic heterocycles. The number of allylic oxidation sites excluding steroid dienone is 1. The number of carbonyl (C=O) groups is 3. The van der Waals surface area contributed by atoms with Crippen molar-refractivity contribution >= 4 is 34.4 Å². The van der Waals surface area contributed by atoms with Crippen molar-refractivity contribution in [3.63, 3.8) is 0 Å². The highest BCUT2D eigenvalue weighted by molar-refractivity contribution is 6.22. The van der Waals surface area contributed by atoms with Crippen LogP contribution in [0.4, 0.5) is 0 Å². The zero-order valence-corrected chi connectivity index (χ0v) is 18.6. The van der Waals surface area contributed by atoms with Crippen LogP contribution in [-0.2, 0) is 9.53 Å². The second kappa shape index (κ2) is 9.19. The van der Waals surface area contributed by atoms with E-state index in [-0.39, 0.29) is 34.9 Å². The predicted octanol–water partition coefficient (Wildman–Crippen LogP) is 3.61. The Kier molecular flexibility index (Phi) is 6.15. The number of esters is 1. The molecular weight excluding hydrogens is 436 g/mol. The van der Waals surface area contributed by atoms with Gasteiger partial charge in [0.1, 0.15) is 24.3 Å². The maximum Gasteiger partial charge on any atom is 0.329 e. The first-order valence-electron chi connectivity index (χ1n) is 10.7. The van der Waals surface area contributed by atoms with Crippen molar-refractivity contribution < 1.29 is 24.2 Å². The van der Waals surface area contributed by atoms with Crippen LogP contribution in [0.2, 0.25) is 0 Å². The molecule has 1 aliphatic rings. The van der Waals surface area contributed by atoms with Crippen LogP contribution in [-0.4, -0.2) is 50.4 Å². The van der Waals surface area contributed by atoms with Crippen LogP contribution in [0.5, 0.6) is 0 Å². The first-order valence-corrected chi connectivity index (χ1v) is 10.7. The van der Waals surface area contributed by atoms with Gasteiger partial charge in [-0.25, -0.2) is 9.78 Å². The summed E-state index contributed by atoms with van der Waals surface area (Å²) in [6, 6.07) is 14.2. The van der Waals surface area contributed by atoms with Crippen molar-refractivity contribution in [3.8, 4) is 6.07 Å². The van der Waals surface area contributed by atoms with E-state index < -0.39 is 36.2 Å². The van der Waals surface area contributed by atoms with E-state index in [2.05, 4.69) is 9.97 Å². The molecule has 2 amide bonds. The smallest absolute Gasteiger partial charge is 0.329 e. The number of para-hydroxylation sites is 2. The van der Waals surface area contributed by atoms with Crippen molar-refractivity contribution in [2.75, 3.05) is 6.61 Å². The normalized spacial score (nSPS) is 14.7. The van der Waals surface area contributed by atoms with Gasteiger partial charge in [0.05, 0.1) is 22.2 Å². The van der Waals surface area contributed by atoms with Crippen LogP contribution >= 0.6 is 0 Å². The van der Waals surface area contributed by atoms with Gasteiger partial charge in [-0.2, -0.15) is 5.26 Å². The summed E-state index contributed by atoms with van der Waals surface area (Å²) >= 11 is 0. The van der Waals surface area contributed by atoms with Gasteiger partial charge in [-0.15, -0.1) is 0 Å². The summed E-state index contributed by atoms with van der Waals surface area (Å²) in [5, 5.41) is 20.0. The summed E-state index contributed by atoms with van der Waals surface area (Å²) in [4.78, 5) is 46.9. The lowest BCUT2D eigenvalue weighted by Gasteiger charge is -2.26. The number of benzene rings is 2. The molecule has 0 aliphatic carbocycles. The third-order valence-corrected chi connectivity index (χ3v) is 5.48. The van der Waals surface area contributed by atoms with Gasteiger partial charge in [-0.05, 0) is 36.6 Å². The van der Waals surface area contributed by atoms with Gasteiger partial charge in [0.2, 0.25) is 0 Å². The number of carbonyl (C=O) groups excluding carboxylic acids is 3. The number of imidazole rings is 1. The average Bonchev–Trinajstić information content (AvgIpc) is 3.35. The third kappa shape index (κ3) is 4.13. The number of hydrogen-bond donors (Lipinski definition) is 2. The number of nitriles is 1. The quantitative estimate of drug-likeness (QED) is 0.239. The van der Waals surface area contributed by atoms with E-state index in [1.807, 2.05) is 19.9 Å². The molecule has 1 atom stereocenters. The number of fused-ring (bicyclic) bond motifs is 2. The number of aliphatic hydroxyl groups is 1. The van der Waals surface area contributed by atoms with E-state index in [9.17, 15) is 24.8 Å². The highest BCUT2D eigenvalue weighted by Gasteiger charge is 2.43. The second-order valence-electron chi connectivity index (χ2n) is 8.32. The molecule has 0 bridgehead atoms. The first-order chi connectivity index (χ1) is 16.3. The number of H-pyrrole nitrogens is 1. The maximum atomic E-state index is 13.0. The van der Waals surface area contributed by atoms with Crippen LogP contribution in [0.15, 0.2) is 54.3 Å². The number of nitrogens with one attached hydrogen (secondary N) is 1. The fraction of sp³-hybridized carbons (Fsp3) is 0.240. The van der Waals surface area contributed by atoms with Crippen molar-refractivity contribution in [3.05, 3.63) is 71.2 Å². The Hall–Kier alpha value is -4.45. The lowest BCUT2D eigenvalue weighted by atomic mass is 10.0. The van der Waals surface area contributed by atoms with Gasteiger partial charge in [-0.3, -0.25) is 14.5 Å². The van der Waals surface area contributed by atoms with Crippen LogP contribution in [0.3, 0.4) is 0 Å². The van der Waals surface area contributed by atoms with E-state index in [1.165, 1.54) is 12.1 Å². The van der Waals surface area contributed by atoms with Gasteiger partial charge in [-0.1, -0.05) is 38.1 Å². The van der Waals surface area contributed by atoms with Gasteiger partial charge >= 0.3 is 5.97 Å². The third-order valence-electron chi connectivity index (χ3n) is 5.48. The van der Waals surface area contributed by atoms with E-state index >= 15 is 0 Å². The molecule has 2 heterocycles. The molecule has 0 saturated carbocycles. The molecule has 34 heavy (non-hydrogen) atoms. The summed E-state index contributed by atoms with van der Waals surface area (Å²) in [7, 11) is 0. The van der Waals surface area contributed by atoms with Crippen LogP contribution in [0, 0.1) is 17.2 Å². The molecule has 0 saturated heterocycles. The number of ether oxygens (including phenoxy) is 1. The molecule has 0 radical (unpaired) electrons. The topological polar surface area (TPSA) is 136 Å². The van der Waals surface area contributed by atoms with Gasteiger partial charge < -0.3 is 14.8 Å². The standard InChI is InChI=1S/C25H22N4O5/c1-14(2)11-20(29-23(31)15-7-3-4-8-16(15)24(29)32)25(33)34-13-21(30)17(12-26)22-27-18-9-5-6-10-19(18)28-22/h3-10,14,20,30H,11,13H2,1-2H3,(H,27,28). The SMILES string of the molecule is CC(C)CC(C(=O)OCC(O)=C(C#N)c1nc2ccccc2[nH]1)N1C(=O)c2ccccc2C1=O. The molecule has 4 rings (SSSR count). The lowest BCUT2D eigenvalue weighted by Crippen LogP contribution is -2.46. The molecule has 2 aromatic carbocycles. The summed E-state index contributed by atoms with van der Waals surface area (Å²) in [6.07, 6.45) is 0.184. The van der Waals surface area contributed by atoms with Crippen LogP contribution < -0.4 is 0 Å². The minimum absolute atomic E-state index is 0.0313. The maximum absolute atomic E-state index is 13.0. The predicted molar refractivity (Wildman–Crippen MR) is 122 cm³/mol. The zero-order valence-electron chi connectivity index (χ0n) is 18.6. The Morgan fingerprint density at radius 1 is 1.12 bits per heavy atom. The number of aromatic nitrogens is 2. The largest absolute Gasteiger partial charge is 0.507 e. The molecule has 0 spiro atoms. The molecule has 9 heteroatoms. The fourth-order valence-corrected chi connectivity index (χ4v) is 3.88. The van der Waals surface area contributed by atoms with E-state index in [0.717, 1.165) is 4.90 Å². The Morgan fingerprint density at radius 3 is 2.32 bits per heavy atom. The summed E-state index contributed by atoms with van der Waals surface area (Å²) in [6.45, 7) is 3.09. The van der Waals surface area contributed by atoms with Crippen LogP contribution in [0.25, 0.3) is 16.6 Å². The Morgan fingerprint density at radius 2 is 1.74 bits per heavy atom. The lowest BCUT2D eigenvalue weighted by molar-refractivity contribution is -0.148. The Bertz CT molecular complexity index is 1300. The molecule has 9 nitrogen and oxygen atoms in total. The number of rotatable bonds is 7. The van der Waals surface area contributed by atoms with Gasteiger partial charge in [0.15, 0.2) is 11.6 Å². The average molecular weight is 458 g/mol. The molecule has 0 fully saturated rings. The van der Waals surface area contributed by atoms with E-state index in [1.54, 1.807) is 36.4 Å². The summed E-state index contributed by atoms with van der Waals surface area (Å²) in [5.41, 5.74) is 1.57. The molecule has 3 aromatic rings. The summed E-state index contributed by atoms with van der Waals surface area (Å²) in [5.74, 6) is -2.38. The second-order valence-corrected chi connectivity index (χ2v) is 8.32. The number of aliphatic hydroxyl groups excluding tert-OH is 1. The molecule has 1 unspecified atom stereocenters. The fourth-order valence-electron chi connectivity index (χ4n) is 3.88. The highest BCUT2D eigenvalue weighted by Crippen LogP contribution is 2.28. The molecule has 172 valence electrons. The first kappa shape index (κ1) is 22.7. The number of amides is 2. The van der Waals surface area contributed by atoms with Gasteiger partial charge in [0, 0.05) is 0 Å². The van der Waals surface area contributed by atoms with Crippen molar-refractivity contribution in [1.29, 1.82) is 5.26 Å². The molecular formula is C25H22N4O5. The van der Waals surface area contributed by atoms with E-state index in [4.69, 9.17) is 4.74 Å². The molecule has 2 N–H and O–H groups in total. The van der Waals surface area contributed by atoms with Crippen LogP contribution in [0.1, 0.15) is 46.8 Å². The Balaban J connectivity index is 1.56. The van der Waals surface area contributed by atoms with Crippen molar-refractivity contribution in [2.45, 2.75) is 26.3 Å². The monoisotopic (exact) mass is 458 g/mol. The van der Waals surface area contributed by atoms with E-state index in [0.29, 0.717) is 11.0 Å². The number of hydrogen-bond acceptors (Lipinski definition) is 7. The zero-order chi connectivity index (χ0) is 24.4. The van der Waals surface area contributed by atoms with Gasteiger partial charge in [0.25, 0.3) is 11.8 Å². The minimum Gasteiger partial charge on any atom is -0.507 e. The Labute approximate surface area is 195 Å². The molecule has 1 aromatic heterocycles. The van der Waals surface area contributed by atoms with Crippen molar-refractivity contribution in [1.82, 2.24) is 14.9 Å². The number of imide groups is 1. The minimum atomic E-state index is -1.17. The van der Waals surface area contributed by atoms with Crippen molar-refractivity contribution in [2.24, 2.45) is 5.92 Å². The number of aromatic amines is 1. The number of nitrogens with zero attached hydrogens (tertiary/aromatic N) is 3. The summed E-state index contributed by atoms with van der Waals surface area (Å²) < 4.78 is 5.27.